The molecule has 21 heavy (non-hydrogen) atoms. The van der Waals surface area contributed by atoms with Gasteiger partial charge in [-0.2, -0.15) is 0 Å². The second kappa shape index (κ2) is 18.5. The van der Waals surface area contributed by atoms with Gasteiger partial charge in [0.15, 0.2) is 0 Å². The van der Waals surface area contributed by atoms with E-state index in [9.17, 15) is 0 Å². The molecule has 2 rings (SSSR count). The molecule has 0 radical (unpaired) electrons. The van der Waals surface area contributed by atoms with Crippen molar-refractivity contribution >= 4 is 0 Å². The van der Waals surface area contributed by atoms with Gasteiger partial charge in [-0.25, -0.2) is 0 Å². The first kappa shape index (κ1) is 26.3. The molecule has 0 aromatic carbocycles. The van der Waals surface area contributed by atoms with E-state index in [0.717, 1.165) is 0 Å². The number of hydrogen-bond donors (Lipinski definition) is 0. The first-order valence-electron chi connectivity index (χ1n) is 7.56. The maximum Gasteiger partial charge on any atom is 0 e. The maximum absolute atomic E-state index is 2.25. The van der Waals surface area contributed by atoms with Crippen molar-refractivity contribution in [1.29, 1.82) is 0 Å². The van der Waals surface area contributed by atoms with Gasteiger partial charge < -0.3 is 24.8 Å². The Morgan fingerprint density at radius 1 is 0.762 bits per heavy atom. The molecular formula is C18H28Cl2Hf-2. The van der Waals surface area contributed by atoms with Crippen molar-refractivity contribution in [2.24, 2.45) is 0 Å². The molecule has 0 spiro atoms. The van der Waals surface area contributed by atoms with Crippen molar-refractivity contribution < 1.29 is 50.7 Å². The smallest absolute Gasteiger partial charge is 0 e. The van der Waals surface area contributed by atoms with E-state index in [4.69, 9.17) is 0 Å². The van der Waals surface area contributed by atoms with Crippen LogP contribution in [0.3, 0.4) is 0 Å². The molecule has 2 aliphatic rings. The molecule has 0 nitrogen and oxygen atoms in total. The Morgan fingerprint density at radius 2 is 1.14 bits per heavy atom. The van der Waals surface area contributed by atoms with E-state index >= 15 is 0 Å². The van der Waals surface area contributed by atoms with Crippen LogP contribution < -0.4 is 24.8 Å². The van der Waals surface area contributed by atoms with Crippen molar-refractivity contribution in [3.05, 3.63) is 47.6 Å². The average molecular weight is 494 g/mol. The summed E-state index contributed by atoms with van der Waals surface area (Å²) >= 11 is 0. The zero-order valence-corrected chi connectivity index (χ0v) is 18.5. The summed E-state index contributed by atoms with van der Waals surface area (Å²) in [5, 5.41) is 0. The molecule has 0 aliphatic heterocycles. The van der Waals surface area contributed by atoms with E-state index in [2.05, 4.69) is 50.3 Å². The van der Waals surface area contributed by atoms with E-state index in [1.165, 1.54) is 51.4 Å². The zero-order valence-electron chi connectivity index (χ0n) is 13.4. The predicted octanol–water partition coefficient (Wildman–Crippen LogP) is 0.131. The fraction of sp³-hybridized carbons (Fsp3) is 0.556. The molecule has 3 heteroatoms. The van der Waals surface area contributed by atoms with E-state index in [1.54, 1.807) is 11.1 Å². The van der Waals surface area contributed by atoms with Gasteiger partial charge >= 0.3 is 0 Å². The summed E-state index contributed by atoms with van der Waals surface area (Å²) in [6, 6.07) is 0. The molecule has 2 aliphatic carbocycles. The van der Waals surface area contributed by atoms with Crippen LogP contribution in [0.1, 0.15) is 65.2 Å². The Hall–Kier alpha value is 0.410. The first-order valence-corrected chi connectivity index (χ1v) is 7.56. The topological polar surface area (TPSA) is 0 Å². The van der Waals surface area contributed by atoms with Crippen molar-refractivity contribution in [3.63, 3.8) is 0 Å². The monoisotopic (exact) mass is 494 g/mol. The van der Waals surface area contributed by atoms with Gasteiger partial charge in [-0.1, -0.05) is 74.3 Å². The summed E-state index contributed by atoms with van der Waals surface area (Å²) in [5.41, 5.74) is 3.22. The van der Waals surface area contributed by atoms with E-state index in [0.29, 0.717) is 0 Å². The Bertz CT molecular complexity index is 307. The van der Waals surface area contributed by atoms with Crippen LogP contribution in [0.2, 0.25) is 0 Å². The Morgan fingerprint density at radius 3 is 1.38 bits per heavy atom. The minimum absolute atomic E-state index is 0. The van der Waals surface area contributed by atoms with Crippen LogP contribution in [0.5, 0.6) is 0 Å². The fourth-order valence-corrected chi connectivity index (χ4v) is 2.16. The third-order valence-corrected chi connectivity index (χ3v) is 3.40. The second-order valence-corrected chi connectivity index (χ2v) is 5.12. The van der Waals surface area contributed by atoms with E-state index in [1.807, 2.05) is 0 Å². The molecule has 0 saturated heterocycles. The third-order valence-electron chi connectivity index (χ3n) is 3.40. The molecule has 0 N–H and O–H groups in total. The molecule has 0 aromatic heterocycles. The van der Waals surface area contributed by atoms with Gasteiger partial charge in [-0.15, -0.1) is 0 Å². The van der Waals surface area contributed by atoms with Crippen LogP contribution in [-0.2, 0) is 25.8 Å². The van der Waals surface area contributed by atoms with Gasteiger partial charge in [-0.3, -0.25) is 0 Å². The summed E-state index contributed by atoms with van der Waals surface area (Å²) in [5.74, 6) is 0. The molecule has 0 bridgehead atoms. The second-order valence-electron chi connectivity index (χ2n) is 5.12. The summed E-state index contributed by atoms with van der Waals surface area (Å²) in [6.07, 6.45) is 23.6. The summed E-state index contributed by atoms with van der Waals surface area (Å²) in [7, 11) is 0. The third kappa shape index (κ3) is 13.8. The van der Waals surface area contributed by atoms with Gasteiger partial charge in [0, 0.05) is 25.8 Å². The molecule has 0 aromatic rings. The van der Waals surface area contributed by atoms with Crippen LogP contribution in [0.15, 0.2) is 47.6 Å². The van der Waals surface area contributed by atoms with Crippen molar-refractivity contribution in [2.75, 3.05) is 0 Å². The molecule has 0 amide bonds. The van der Waals surface area contributed by atoms with Crippen LogP contribution in [0, 0.1) is 0 Å². The van der Waals surface area contributed by atoms with Crippen molar-refractivity contribution in [2.45, 2.75) is 65.2 Å². The summed E-state index contributed by atoms with van der Waals surface area (Å²) < 4.78 is 0. The summed E-state index contributed by atoms with van der Waals surface area (Å²) in [6.45, 7) is 4.48. The molecule has 0 heterocycles. The fourth-order valence-electron chi connectivity index (χ4n) is 2.16. The zero-order chi connectivity index (χ0) is 13.1. The van der Waals surface area contributed by atoms with Gasteiger partial charge in [0.2, 0.25) is 0 Å². The largest absolute Gasteiger partial charge is 1.00 e. The predicted molar refractivity (Wildman–Crippen MR) is 82.7 cm³/mol. The molecule has 0 fully saturated rings. The van der Waals surface area contributed by atoms with Crippen molar-refractivity contribution in [3.8, 4) is 0 Å². The van der Waals surface area contributed by atoms with Crippen LogP contribution in [-0.4, -0.2) is 0 Å². The SMILES string of the molecule is CCCCC1=CC=CC1.CCCCC1=CC=CC1.[Cl-].[Cl-].[Hf]. The maximum atomic E-state index is 2.25. The van der Waals surface area contributed by atoms with Crippen LogP contribution in [0.4, 0.5) is 0 Å². The number of unbranched alkanes of at least 4 members (excludes halogenated alkanes) is 2. The van der Waals surface area contributed by atoms with Gasteiger partial charge in [-0.05, 0) is 38.5 Å². The minimum atomic E-state index is 0. The average Bonchev–Trinajstić information content (AvgIpc) is 3.07. The first-order chi connectivity index (χ1) is 8.86. The molecular weight excluding hydrogens is 466 g/mol. The minimum Gasteiger partial charge on any atom is -1.00 e. The number of hydrogen-bond acceptors (Lipinski definition) is 0. The normalized spacial score (nSPS) is 14.0. The van der Waals surface area contributed by atoms with Crippen LogP contribution >= 0.6 is 0 Å². The number of rotatable bonds is 6. The molecule has 0 saturated carbocycles. The number of allylic oxidation sites excluding steroid dienone is 8. The quantitative estimate of drug-likeness (QED) is 0.462. The van der Waals surface area contributed by atoms with Gasteiger partial charge in [0.1, 0.15) is 0 Å². The van der Waals surface area contributed by atoms with Crippen LogP contribution in [0.25, 0.3) is 0 Å². The molecule has 0 unspecified atom stereocenters. The van der Waals surface area contributed by atoms with Gasteiger partial charge in [0.05, 0.1) is 0 Å². The Labute approximate surface area is 162 Å². The Kier molecular flexibility index (Phi) is 23.1. The molecule has 0 atom stereocenters. The summed E-state index contributed by atoms with van der Waals surface area (Å²) in [4.78, 5) is 0. The number of halogens is 2. The standard InChI is InChI=1S/2C9H14.2ClH.Hf/c2*1-2-3-6-9-7-4-5-8-9;;;/h2*4-5,7H,2-3,6,8H2,1H3;2*1H;/p-2. The molecule has 120 valence electrons. The van der Waals surface area contributed by atoms with Crippen molar-refractivity contribution in [1.82, 2.24) is 0 Å². The van der Waals surface area contributed by atoms with Gasteiger partial charge in [0.25, 0.3) is 0 Å². The Balaban J connectivity index is -0.000000270. The van der Waals surface area contributed by atoms with E-state index < -0.39 is 0 Å². The van der Waals surface area contributed by atoms with E-state index in [-0.39, 0.29) is 50.7 Å².